The first-order valence-corrected chi connectivity index (χ1v) is 9.71. The van der Waals surface area contributed by atoms with Crippen LogP contribution in [0, 0.1) is 12.8 Å². The van der Waals surface area contributed by atoms with Crippen LogP contribution >= 0.6 is 0 Å². The van der Waals surface area contributed by atoms with Gasteiger partial charge in [-0.3, -0.25) is 9.58 Å². The number of nitrogens with one attached hydrogen (secondary N) is 1. The van der Waals surface area contributed by atoms with Crippen LogP contribution in [0.15, 0.2) is 30.6 Å². The lowest BCUT2D eigenvalue weighted by Crippen LogP contribution is -2.42. The van der Waals surface area contributed by atoms with Crippen molar-refractivity contribution in [3.05, 3.63) is 41.7 Å². The van der Waals surface area contributed by atoms with Crippen molar-refractivity contribution in [3.8, 4) is 11.1 Å². The van der Waals surface area contributed by atoms with Crippen LogP contribution in [0.1, 0.15) is 36.8 Å². The largest absolute Gasteiger partial charge is 0.314 e. The van der Waals surface area contributed by atoms with Crippen LogP contribution in [0.2, 0.25) is 0 Å². The molecule has 0 amide bonds. The molecule has 1 saturated heterocycles. The fraction of sp³-hybridized carbons (Fsp3) is 0.571. The van der Waals surface area contributed by atoms with Crippen LogP contribution in [0.3, 0.4) is 0 Å². The molecule has 0 bridgehead atoms. The molecule has 4 heteroatoms. The Kier molecular flexibility index (Phi) is 4.91. The van der Waals surface area contributed by atoms with Gasteiger partial charge in [0.2, 0.25) is 0 Å². The Morgan fingerprint density at radius 1 is 1.16 bits per heavy atom. The SMILES string of the molecule is Cc1ccc(CN2CCC(NCC3CC3)CC2)c(-c2cnn(C)c2)c1. The van der Waals surface area contributed by atoms with Gasteiger partial charge >= 0.3 is 0 Å². The zero-order chi connectivity index (χ0) is 17.2. The van der Waals surface area contributed by atoms with Crippen molar-refractivity contribution in [1.82, 2.24) is 20.0 Å². The van der Waals surface area contributed by atoms with Crippen molar-refractivity contribution < 1.29 is 0 Å². The van der Waals surface area contributed by atoms with E-state index in [2.05, 4.69) is 46.6 Å². The zero-order valence-corrected chi connectivity index (χ0v) is 15.5. The second-order valence-corrected chi connectivity index (χ2v) is 7.97. The summed E-state index contributed by atoms with van der Waals surface area (Å²) in [5, 5.41) is 8.13. The fourth-order valence-electron chi connectivity index (χ4n) is 3.85. The normalized spacial score (nSPS) is 19.4. The van der Waals surface area contributed by atoms with E-state index in [1.165, 1.54) is 67.6 Å². The van der Waals surface area contributed by atoms with Gasteiger partial charge < -0.3 is 5.32 Å². The lowest BCUT2D eigenvalue weighted by atomic mass is 9.98. The van der Waals surface area contributed by atoms with Crippen molar-refractivity contribution in [1.29, 1.82) is 0 Å². The third-order valence-electron chi connectivity index (χ3n) is 5.65. The predicted octanol–water partition coefficient (Wildman–Crippen LogP) is 3.36. The first-order chi connectivity index (χ1) is 12.2. The predicted molar refractivity (Wildman–Crippen MR) is 102 cm³/mol. The molecule has 1 aromatic carbocycles. The molecule has 0 atom stereocenters. The molecular formula is C21H30N4. The van der Waals surface area contributed by atoms with Gasteiger partial charge in [0.25, 0.3) is 0 Å². The molecule has 2 aromatic rings. The number of hydrogen-bond acceptors (Lipinski definition) is 3. The number of benzene rings is 1. The van der Waals surface area contributed by atoms with Crippen molar-refractivity contribution in [2.75, 3.05) is 19.6 Å². The smallest absolute Gasteiger partial charge is 0.0568 e. The lowest BCUT2D eigenvalue weighted by Gasteiger charge is -2.33. The standard InChI is InChI=1S/C21H30N4/c1-16-3-6-18(21(11-16)19-13-23-24(2)14-19)15-25-9-7-20(8-10-25)22-12-17-4-5-17/h3,6,11,13-14,17,20,22H,4-5,7-10,12,15H2,1-2H3. The highest BCUT2D eigenvalue weighted by molar-refractivity contribution is 5.66. The summed E-state index contributed by atoms with van der Waals surface area (Å²) in [6, 6.07) is 7.57. The maximum Gasteiger partial charge on any atom is 0.0568 e. The minimum Gasteiger partial charge on any atom is -0.314 e. The molecule has 1 aliphatic heterocycles. The van der Waals surface area contributed by atoms with Crippen molar-refractivity contribution in [2.24, 2.45) is 13.0 Å². The Morgan fingerprint density at radius 2 is 1.96 bits per heavy atom. The minimum atomic E-state index is 0.729. The van der Waals surface area contributed by atoms with Gasteiger partial charge in [0.1, 0.15) is 0 Å². The van der Waals surface area contributed by atoms with Gasteiger partial charge in [-0.15, -0.1) is 0 Å². The summed E-state index contributed by atoms with van der Waals surface area (Å²) in [5.74, 6) is 0.979. The molecular weight excluding hydrogens is 308 g/mol. The quantitative estimate of drug-likeness (QED) is 0.877. The summed E-state index contributed by atoms with van der Waals surface area (Å²) in [7, 11) is 1.98. The van der Waals surface area contributed by atoms with Crippen LogP contribution < -0.4 is 5.32 Å². The molecule has 4 nitrogen and oxygen atoms in total. The maximum absolute atomic E-state index is 4.36. The molecule has 4 rings (SSSR count). The van der Waals surface area contributed by atoms with Gasteiger partial charge in [0.05, 0.1) is 6.20 Å². The number of hydrogen-bond donors (Lipinski definition) is 1. The Labute approximate surface area is 151 Å². The van der Waals surface area contributed by atoms with Crippen molar-refractivity contribution in [3.63, 3.8) is 0 Å². The Bertz CT molecular complexity index is 708. The second kappa shape index (κ2) is 7.30. The van der Waals surface area contributed by atoms with E-state index in [-0.39, 0.29) is 0 Å². The van der Waals surface area contributed by atoms with Crippen LogP contribution in [-0.2, 0) is 13.6 Å². The van der Waals surface area contributed by atoms with E-state index in [1.54, 1.807) is 0 Å². The molecule has 25 heavy (non-hydrogen) atoms. The fourth-order valence-corrected chi connectivity index (χ4v) is 3.85. The minimum absolute atomic E-state index is 0.729. The molecule has 1 aromatic heterocycles. The van der Waals surface area contributed by atoms with E-state index >= 15 is 0 Å². The summed E-state index contributed by atoms with van der Waals surface area (Å²) < 4.78 is 1.89. The van der Waals surface area contributed by atoms with Crippen LogP contribution in [0.4, 0.5) is 0 Å². The lowest BCUT2D eigenvalue weighted by molar-refractivity contribution is 0.190. The molecule has 0 spiro atoms. The summed E-state index contributed by atoms with van der Waals surface area (Å²) in [6.45, 7) is 6.85. The first-order valence-electron chi connectivity index (χ1n) is 9.71. The van der Waals surface area contributed by atoms with E-state index in [4.69, 9.17) is 0 Å². The molecule has 0 unspecified atom stereocenters. The molecule has 2 heterocycles. The highest BCUT2D eigenvalue weighted by Gasteiger charge is 2.24. The first kappa shape index (κ1) is 16.8. The number of likely N-dealkylation sites (tertiary alicyclic amines) is 1. The van der Waals surface area contributed by atoms with Gasteiger partial charge in [-0.25, -0.2) is 0 Å². The molecule has 1 aliphatic carbocycles. The molecule has 2 aliphatic rings. The topological polar surface area (TPSA) is 33.1 Å². The van der Waals surface area contributed by atoms with Gasteiger partial charge in [-0.05, 0) is 69.3 Å². The molecule has 1 saturated carbocycles. The van der Waals surface area contributed by atoms with Gasteiger partial charge in [-0.2, -0.15) is 5.10 Å². The van der Waals surface area contributed by atoms with Crippen LogP contribution in [0.25, 0.3) is 11.1 Å². The van der Waals surface area contributed by atoms with E-state index < -0.39 is 0 Å². The molecule has 134 valence electrons. The molecule has 0 radical (unpaired) electrons. The number of piperidine rings is 1. The second-order valence-electron chi connectivity index (χ2n) is 7.97. The Hall–Kier alpha value is -1.65. The summed E-state index contributed by atoms with van der Waals surface area (Å²) in [4.78, 5) is 2.61. The van der Waals surface area contributed by atoms with Crippen LogP contribution in [-0.4, -0.2) is 40.4 Å². The third kappa shape index (κ3) is 4.31. The highest BCUT2D eigenvalue weighted by atomic mass is 15.2. The monoisotopic (exact) mass is 338 g/mol. The number of aryl methyl sites for hydroxylation is 2. The number of nitrogens with zero attached hydrogens (tertiary/aromatic N) is 3. The zero-order valence-electron chi connectivity index (χ0n) is 15.5. The van der Waals surface area contributed by atoms with E-state index in [0.717, 1.165) is 18.5 Å². The average molecular weight is 338 g/mol. The Balaban J connectivity index is 1.39. The summed E-state index contributed by atoms with van der Waals surface area (Å²) >= 11 is 0. The van der Waals surface area contributed by atoms with Gasteiger partial charge in [0.15, 0.2) is 0 Å². The van der Waals surface area contributed by atoms with Crippen LogP contribution in [0.5, 0.6) is 0 Å². The van der Waals surface area contributed by atoms with Crippen molar-refractivity contribution in [2.45, 2.75) is 45.2 Å². The number of aromatic nitrogens is 2. The number of rotatable bonds is 6. The van der Waals surface area contributed by atoms with E-state index in [0.29, 0.717) is 0 Å². The van der Waals surface area contributed by atoms with Crippen molar-refractivity contribution >= 4 is 0 Å². The molecule has 2 fully saturated rings. The highest BCUT2D eigenvalue weighted by Crippen LogP contribution is 2.29. The van der Waals surface area contributed by atoms with E-state index in [9.17, 15) is 0 Å². The maximum atomic E-state index is 4.36. The van der Waals surface area contributed by atoms with E-state index in [1.807, 2.05) is 17.9 Å². The summed E-state index contributed by atoms with van der Waals surface area (Å²) in [6.07, 6.45) is 9.53. The molecule has 1 N–H and O–H groups in total. The summed E-state index contributed by atoms with van der Waals surface area (Å²) in [5.41, 5.74) is 5.29. The van der Waals surface area contributed by atoms with Gasteiger partial charge in [0, 0.05) is 31.4 Å². The third-order valence-corrected chi connectivity index (χ3v) is 5.65. The average Bonchev–Trinajstić information content (AvgIpc) is 3.35. The van der Waals surface area contributed by atoms with Gasteiger partial charge in [-0.1, -0.05) is 23.8 Å². The Morgan fingerprint density at radius 3 is 2.64 bits per heavy atom.